The average Bonchev–Trinajstić information content (AvgIpc) is 3.16. The number of rotatable bonds is 6. The molecule has 6 nitrogen and oxygen atoms in total. The maximum atomic E-state index is 13.8. The van der Waals surface area contributed by atoms with Crippen molar-refractivity contribution in [1.82, 2.24) is 20.4 Å². The summed E-state index contributed by atoms with van der Waals surface area (Å²) in [5.41, 5.74) is 1.09. The fraction of sp³-hybridized carbons (Fsp3) is 0.0588. The molecule has 2 aromatic heterocycles. The fourth-order valence-corrected chi connectivity index (χ4v) is 2.21. The lowest BCUT2D eigenvalue weighted by Gasteiger charge is -2.10. The Morgan fingerprint density at radius 3 is 2.73 bits per heavy atom. The average molecular weight is 376 g/mol. The van der Waals surface area contributed by atoms with Crippen LogP contribution in [0.4, 0.5) is 8.78 Å². The molecule has 0 aliphatic carbocycles. The number of nitrogens with zero attached hydrogens (tertiary/aromatic N) is 3. The first-order valence-electron chi connectivity index (χ1n) is 7.41. The number of benzene rings is 1. The molecule has 0 spiro atoms. The lowest BCUT2D eigenvalue weighted by molar-refractivity contribution is 0.417. The van der Waals surface area contributed by atoms with Crippen molar-refractivity contribution in [1.29, 1.82) is 5.41 Å². The van der Waals surface area contributed by atoms with Gasteiger partial charge >= 0.3 is 0 Å². The summed E-state index contributed by atoms with van der Waals surface area (Å²) in [6.07, 6.45) is 3.63. The van der Waals surface area contributed by atoms with Crippen molar-refractivity contribution in [2.24, 2.45) is 0 Å². The smallest absolute Gasteiger partial charge is 0.179 e. The molecular weight excluding hydrogens is 364 g/mol. The summed E-state index contributed by atoms with van der Waals surface area (Å²) < 4.78 is 31.8. The Morgan fingerprint density at radius 1 is 1.23 bits per heavy atom. The largest absolute Gasteiger partial charge is 0.379 e. The van der Waals surface area contributed by atoms with E-state index in [1.54, 1.807) is 24.3 Å². The van der Waals surface area contributed by atoms with Crippen molar-refractivity contribution in [3.8, 4) is 0 Å². The van der Waals surface area contributed by atoms with Crippen LogP contribution in [0.2, 0.25) is 5.15 Å². The van der Waals surface area contributed by atoms with Crippen LogP contribution in [-0.2, 0) is 6.54 Å². The minimum atomic E-state index is -0.776. The van der Waals surface area contributed by atoms with Crippen molar-refractivity contribution in [2.75, 3.05) is 0 Å². The summed E-state index contributed by atoms with van der Waals surface area (Å²) in [7, 11) is 0. The minimum absolute atomic E-state index is 0.0647. The zero-order chi connectivity index (χ0) is 18.5. The van der Waals surface area contributed by atoms with Crippen LogP contribution in [0.1, 0.15) is 17.1 Å². The van der Waals surface area contributed by atoms with Gasteiger partial charge in [-0.3, -0.25) is 5.41 Å². The number of halogens is 3. The Hall–Kier alpha value is -3.13. The van der Waals surface area contributed by atoms with Crippen molar-refractivity contribution in [2.45, 2.75) is 6.54 Å². The molecule has 0 unspecified atom stereocenters. The number of aromatic nitrogens is 3. The molecular formula is C17H12ClF2N5O. The number of allylic oxidation sites excluding steroid dienone is 1. The third kappa shape index (κ3) is 4.09. The minimum Gasteiger partial charge on any atom is -0.379 e. The first kappa shape index (κ1) is 17.7. The summed E-state index contributed by atoms with van der Waals surface area (Å²) in [6.45, 7) is 0.156. The van der Waals surface area contributed by atoms with Crippen LogP contribution in [-0.4, -0.2) is 20.8 Å². The van der Waals surface area contributed by atoms with Crippen molar-refractivity contribution >= 4 is 23.0 Å². The summed E-state index contributed by atoms with van der Waals surface area (Å²) in [4.78, 5) is 7.45. The molecule has 9 heteroatoms. The van der Waals surface area contributed by atoms with E-state index in [-0.39, 0.29) is 29.1 Å². The van der Waals surface area contributed by atoms with Gasteiger partial charge in [0.15, 0.2) is 16.8 Å². The second-order valence-corrected chi connectivity index (χ2v) is 5.49. The fourth-order valence-electron chi connectivity index (χ4n) is 2.08. The van der Waals surface area contributed by atoms with Gasteiger partial charge in [-0.05, 0) is 12.1 Å². The Balaban J connectivity index is 1.86. The molecule has 26 heavy (non-hydrogen) atoms. The van der Waals surface area contributed by atoms with Crippen molar-refractivity contribution < 1.29 is 13.3 Å². The lowest BCUT2D eigenvalue weighted by atomic mass is 10.2. The molecule has 2 N–H and O–H groups in total. The molecule has 0 aliphatic rings. The molecule has 2 heterocycles. The molecule has 0 aliphatic heterocycles. The van der Waals surface area contributed by atoms with Gasteiger partial charge in [0.05, 0.1) is 11.9 Å². The number of hydrogen-bond acceptors (Lipinski definition) is 6. The van der Waals surface area contributed by atoms with E-state index < -0.39 is 5.82 Å². The molecule has 3 rings (SSSR count). The van der Waals surface area contributed by atoms with Crippen LogP contribution < -0.4 is 5.32 Å². The standard InChI is InChI=1S/C17H12ClF2N5O/c18-16-12(20)9-23-17(24-16)13(21)7-15(14-5-6-26-25-14)22-8-10-3-1-2-4-11(10)19/h1-7,9,21-22H,8H2/b15-7-,21-13?. The molecule has 0 bridgehead atoms. The van der Waals surface area contributed by atoms with E-state index in [9.17, 15) is 8.78 Å². The Bertz CT molecular complexity index is 960. The lowest BCUT2D eigenvalue weighted by Crippen LogP contribution is -2.15. The van der Waals surface area contributed by atoms with Crippen LogP contribution in [0.3, 0.4) is 0 Å². The van der Waals surface area contributed by atoms with Gasteiger partial charge < -0.3 is 9.84 Å². The van der Waals surface area contributed by atoms with Gasteiger partial charge in [0.25, 0.3) is 0 Å². The van der Waals surface area contributed by atoms with E-state index in [0.717, 1.165) is 6.20 Å². The molecule has 0 atom stereocenters. The highest BCUT2D eigenvalue weighted by atomic mass is 35.5. The normalized spacial score (nSPS) is 11.4. The van der Waals surface area contributed by atoms with Crippen LogP contribution in [0.15, 0.2) is 53.4 Å². The quantitative estimate of drug-likeness (QED) is 0.507. The van der Waals surface area contributed by atoms with Crippen molar-refractivity contribution in [3.63, 3.8) is 0 Å². The van der Waals surface area contributed by atoms with Gasteiger partial charge in [-0.25, -0.2) is 18.7 Å². The van der Waals surface area contributed by atoms with Crippen molar-refractivity contribution in [3.05, 3.63) is 82.7 Å². The summed E-state index contributed by atoms with van der Waals surface area (Å²) in [5, 5.41) is 14.5. The molecule has 0 fully saturated rings. The van der Waals surface area contributed by atoms with Crippen LogP contribution >= 0.6 is 11.6 Å². The molecule has 1 aromatic carbocycles. The monoisotopic (exact) mass is 375 g/mol. The highest BCUT2D eigenvalue weighted by Gasteiger charge is 2.12. The number of hydrogen-bond donors (Lipinski definition) is 2. The van der Waals surface area contributed by atoms with Crippen LogP contribution in [0, 0.1) is 17.0 Å². The topological polar surface area (TPSA) is 87.7 Å². The summed E-state index contributed by atoms with van der Waals surface area (Å²) in [6, 6.07) is 7.88. The first-order chi connectivity index (χ1) is 12.5. The predicted molar refractivity (Wildman–Crippen MR) is 91.5 cm³/mol. The first-order valence-corrected chi connectivity index (χ1v) is 7.79. The Kier molecular flexibility index (Phi) is 5.33. The van der Waals surface area contributed by atoms with E-state index in [4.69, 9.17) is 21.5 Å². The van der Waals surface area contributed by atoms with Gasteiger partial charge in [-0.2, -0.15) is 0 Å². The number of nitrogens with one attached hydrogen (secondary N) is 2. The molecule has 3 aromatic rings. The summed E-state index contributed by atoms with van der Waals surface area (Å²) in [5.74, 6) is -1.20. The van der Waals surface area contributed by atoms with Gasteiger partial charge in [-0.15, -0.1) is 0 Å². The highest BCUT2D eigenvalue weighted by Crippen LogP contribution is 2.14. The van der Waals surface area contributed by atoms with Crippen LogP contribution in [0.5, 0.6) is 0 Å². The van der Waals surface area contributed by atoms with Gasteiger partial charge in [0.1, 0.15) is 23.5 Å². The van der Waals surface area contributed by atoms with E-state index in [1.165, 1.54) is 18.4 Å². The molecule has 0 amide bonds. The van der Waals surface area contributed by atoms with E-state index in [0.29, 0.717) is 17.0 Å². The molecule has 0 radical (unpaired) electrons. The maximum absolute atomic E-state index is 13.8. The van der Waals surface area contributed by atoms with Gasteiger partial charge in [-0.1, -0.05) is 35.0 Å². The molecule has 0 saturated heterocycles. The molecule has 0 saturated carbocycles. The zero-order valence-corrected chi connectivity index (χ0v) is 14.0. The van der Waals surface area contributed by atoms with Gasteiger partial charge in [0, 0.05) is 18.2 Å². The second-order valence-electron chi connectivity index (χ2n) is 5.13. The third-order valence-corrected chi connectivity index (χ3v) is 3.64. The Labute approximate surface area is 152 Å². The second kappa shape index (κ2) is 7.83. The highest BCUT2D eigenvalue weighted by molar-refractivity contribution is 6.29. The zero-order valence-electron chi connectivity index (χ0n) is 13.2. The van der Waals surface area contributed by atoms with Crippen LogP contribution in [0.25, 0.3) is 5.70 Å². The predicted octanol–water partition coefficient (Wildman–Crippen LogP) is 3.59. The molecule has 132 valence electrons. The van der Waals surface area contributed by atoms with E-state index in [1.807, 2.05) is 0 Å². The SMILES string of the molecule is N=C(/C=C(\NCc1ccccc1F)c1ccon1)c1ncc(F)c(Cl)n1. The summed E-state index contributed by atoms with van der Waals surface area (Å²) >= 11 is 5.62. The third-order valence-electron chi connectivity index (χ3n) is 3.37. The Morgan fingerprint density at radius 2 is 2.04 bits per heavy atom. The van der Waals surface area contributed by atoms with E-state index >= 15 is 0 Å². The maximum Gasteiger partial charge on any atom is 0.179 e. The van der Waals surface area contributed by atoms with E-state index in [2.05, 4.69) is 20.4 Å². The van der Waals surface area contributed by atoms with Gasteiger partial charge in [0.2, 0.25) is 0 Å².